The Kier molecular flexibility index (Phi) is 6.87. The number of rotatable bonds is 8. The number of aromatic carboxylic acids is 1. The number of nitrogens with one attached hydrogen (secondary N) is 1. The Morgan fingerprint density at radius 3 is 2.36 bits per heavy atom. The minimum Gasteiger partial charge on any atom is -0.493 e. The lowest BCUT2D eigenvalue weighted by atomic mass is 10.0. The largest absolute Gasteiger partial charge is 0.493 e. The van der Waals surface area contributed by atoms with Crippen molar-refractivity contribution in [1.82, 2.24) is 0 Å². The van der Waals surface area contributed by atoms with Gasteiger partial charge >= 0.3 is 5.97 Å². The zero-order chi connectivity index (χ0) is 20.8. The van der Waals surface area contributed by atoms with Gasteiger partial charge in [-0.2, -0.15) is 0 Å². The van der Waals surface area contributed by atoms with E-state index in [1.165, 1.54) is 26.4 Å². The fourth-order valence-electron chi connectivity index (χ4n) is 2.75. The normalized spacial score (nSPS) is 10.5. The first-order chi connectivity index (χ1) is 13.3. The van der Waals surface area contributed by atoms with E-state index in [1.54, 1.807) is 0 Å². The van der Waals surface area contributed by atoms with Crippen LogP contribution in [-0.4, -0.2) is 37.8 Å². The van der Waals surface area contributed by atoms with Crippen LogP contribution in [0.3, 0.4) is 0 Å². The van der Waals surface area contributed by atoms with Gasteiger partial charge in [0, 0.05) is 0 Å². The SMILES string of the molecule is COc1cc(C(=O)O)cc(NC(=O)COc2cc(C)ccc2C(C)C)c1OC. The molecule has 0 heterocycles. The molecule has 2 aromatic carbocycles. The van der Waals surface area contributed by atoms with Crippen LogP contribution in [0.4, 0.5) is 5.69 Å². The average molecular weight is 387 g/mol. The van der Waals surface area contributed by atoms with E-state index in [-0.39, 0.29) is 35.3 Å². The van der Waals surface area contributed by atoms with Crippen LogP contribution in [0, 0.1) is 6.92 Å². The summed E-state index contributed by atoms with van der Waals surface area (Å²) in [5.74, 6) is -0.254. The summed E-state index contributed by atoms with van der Waals surface area (Å²) in [7, 11) is 2.80. The molecule has 0 spiro atoms. The van der Waals surface area contributed by atoms with E-state index in [4.69, 9.17) is 14.2 Å². The van der Waals surface area contributed by atoms with Crippen LogP contribution < -0.4 is 19.5 Å². The van der Waals surface area contributed by atoms with Crippen molar-refractivity contribution in [1.29, 1.82) is 0 Å². The number of carboxylic acid groups (broad SMARTS) is 1. The zero-order valence-corrected chi connectivity index (χ0v) is 16.7. The highest BCUT2D eigenvalue weighted by atomic mass is 16.5. The number of amides is 1. The molecule has 0 aliphatic carbocycles. The summed E-state index contributed by atoms with van der Waals surface area (Å²) in [6.07, 6.45) is 0. The fourth-order valence-corrected chi connectivity index (χ4v) is 2.75. The number of methoxy groups -OCH3 is 2. The highest BCUT2D eigenvalue weighted by Gasteiger charge is 2.18. The standard InChI is InChI=1S/C21H25NO6/c1-12(2)15-7-6-13(3)8-17(15)28-11-19(23)22-16-9-14(21(24)25)10-18(26-4)20(16)27-5/h6-10,12H,11H2,1-5H3,(H,22,23)(H,24,25). The number of anilines is 1. The summed E-state index contributed by atoms with van der Waals surface area (Å²) >= 11 is 0. The van der Waals surface area contributed by atoms with Crippen molar-refractivity contribution in [3.8, 4) is 17.2 Å². The van der Waals surface area contributed by atoms with Gasteiger partial charge in [-0.25, -0.2) is 4.79 Å². The predicted molar refractivity (Wildman–Crippen MR) is 106 cm³/mol. The van der Waals surface area contributed by atoms with Gasteiger partial charge in [-0.1, -0.05) is 26.0 Å². The first kappa shape index (κ1) is 21.1. The Hall–Kier alpha value is -3.22. The van der Waals surface area contributed by atoms with Crippen LogP contribution in [0.5, 0.6) is 17.2 Å². The lowest BCUT2D eigenvalue weighted by Gasteiger charge is -2.16. The molecule has 0 aromatic heterocycles. The molecule has 0 saturated heterocycles. The third-order valence-corrected chi connectivity index (χ3v) is 4.15. The van der Waals surface area contributed by atoms with Crippen molar-refractivity contribution in [2.45, 2.75) is 26.7 Å². The van der Waals surface area contributed by atoms with Gasteiger partial charge in [-0.3, -0.25) is 4.79 Å². The number of carbonyl (C=O) groups excluding carboxylic acids is 1. The molecule has 7 heteroatoms. The predicted octanol–water partition coefficient (Wildman–Crippen LogP) is 3.85. The third-order valence-electron chi connectivity index (χ3n) is 4.15. The van der Waals surface area contributed by atoms with Gasteiger partial charge in [0.25, 0.3) is 5.91 Å². The maximum absolute atomic E-state index is 12.4. The maximum atomic E-state index is 12.4. The summed E-state index contributed by atoms with van der Waals surface area (Å²) in [4.78, 5) is 23.7. The number of benzene rings is 2. The number of hydrogen-bond acceptors (Lipinski definition) is 5. The molecule has 0 bridgehead atoms. The van der Waals surface area contributed by atoms with Crippen molar-refractivity contribution >= 4 is 17.6 Å². The number of hydrogen-bond donors (Lipinski definition) is 2. The molecule has 2 aromatic rings. The van der Waals surface area contributed by atoms with Crippen molar-refractivity contribution in [2.24, 2.45) is 0 Å². The highest BCUT2D eigenvalue weighted by molar-refractivity contribution is 5.97. The lowest BCUT2D eigenvalue weighted by Crippen LogP contribution is -2.21. The molecular weight excluding hydrogens is 362 g/mol. The Bertz CT molecular complexity index is 875. The van der Waals surface area contributed by atoms with Gasteiger partial charge in [-0.15, -0.1) is 0 Å². The van der Waals surface area contributed by atoms with Gasteiger partial charge in [-0.05, 0) is 42.2 Å². The van der Waals surface area contributed by atoms with Gasteiger partial charge in [0.1, 0.15) is 5.75 Å². The molecule has 0 aliphatic heterocycles. The molecule has 1 amide bonds. The molecule has 28 heavy (non-hydrogen) atoms. The second kappa shape index (κ2) is 9.12. The number of aryl methyl sites for hydroxylation is 1. The second-order valence-corrected chi connectivity index (χ2v) is 6.60. The van der Waals surface area contributed by atoms with Crippen LogP contribution in [0.25, 0.3) is 0 Å². The summed E-state index contributed by atoms with van der Waals surface area (Å²) in [5, 5.41) is 11.9. The molecule has 0 radical (unpaired) electrons. The molecule has 0 saturated carbocycles. The van der Waals surface area contributed by atoms with Gasteiger partial charge < -0.3 is 24.6 Å². The van der Waals surface area contributed by atoms with Crippen LogP contribution in [0.1, 0.15) is 41.3 Å². The summed E-state index contributed by atoms with van der Waals surface area (Å²) < 4.78 is 16.1. The topological polar surface area (TPSA) is 94.1 Å². The van der Waals surface area contributed by atoms with Crippen LogP contribution >= 0.6 is 0 Å². The number of carboxylic acids is 1. The van der Waals surface area contributed by atoms with Crippen molar-refractivity contribution in [3.63, 3.8) is 0 Å². The van der Waals surface area contributed by atoms with Crippen LogP contribution in [-0.2, 0) is 4.79 Å². The first-order valence-electron chi connectivity index (χ1n) is 8.79. The van der Waals surface area contributed by atoms with E-state index in [0.717, 1.165) is 11.1 Å². The summed E-state index contributed by atoms with van der Waals surface area (Å²) in [6, 6.07) is 8.51. The van der Waals surface area contributed by atoms with E-state index in [2.05, 4.69) is 5.32 Å². The maximum Gasteiger partial charge on any atom is 0.335 e. The molecule has 2 rings (SSSR count). The van der Waals surface area contributed by atoms with Crippen molar-refractivity contribution in [2.75, 3.05) is 26.1 Å². The van der Waals surface area contributed by atoms with E-state index in [9.17, 15) is 14.7 Å². The lowest BCUT2D eigenvalue weighted by molar-refractivity contribution is -0.118. The fraction of sp³-hybridized carbons (Fsp3) is 0.333. The molecular formula is C21H25NO6. The van der Waals surface area contributed by atoms with E-state index in [1.807, 2.05) is 39.0 Å². The number of ether oxygens (including phenoxy) is 3. The molecule has 7 nitrogen and oxygen atoms in total. The molecule has 0 aliphatic rings. The van der Waals surface area contributed by atoms with Gasteiger partial charge in [0.2, 0.25) is 0 Å². The van der Waals surface area contributed by atoms with Crippen LogP contribution in [0.2, 0.25) is 0 Å². The Morgan fingerprint density at radius 1 is 1.07 bits per heavy atom. The van der Waals surface area contributed by atoms with E-state index in [0.29, 0.717) is 5.75 Å². The molecule has 150 valence electrons. The second-order valence-electron chi connectivity index (χ2n) is 6.60. The summed E-state index contributed by atoms with van der Waals surface area (Å²) in [6.45, 7) is 5.82. The first-order valence-corrected chi connectivity index (χ1v) is 8.79. The van der Waals surface area contributed by atoms with E-state index >= 15 is 0 Å². The minimum absolute atomic E-state index is 0.0327. The number of carbonyl (C=O) groups is 2. The quantitative estimate of drug-likeness (QED) is 0.714. The smallest absolute Gasteiger partial charge is 0.335 e. The van der Waals surface area contributed by atoms with Crippen molar-refractivity contribution in [3.05, 3.63) is 47.0 Å². The van der Waals surface area contributed by atoms with Gasteiger partial charge in [0.15, 0.2) is 18.1 Å². The van der Waals surface area contributed by atoms with Crippen molar-refractivity contribution < 1.29 is 28.9 Å². The monoisotopic (exact) mass is 387 g/mol. The summed E-state index contributed by atoms with van der Waals surface area (Å²) in [5.41, 5.74) is 2.20. The minimum atomic E-state index is -1.14. The average Bonchev–Trinajstić information content (AvgIpc) is 2.65. The van der Waals surface area contributed by atoms with Crippen LogP contribution in [0.15, 0.2) is 30.3 Å². The Labute approximate surface area is 164 Å². The molecule has 2 N–H and O–H groups in total. The molecule has 0 unspecified atom stereocenters. The third kappa shape index (κ3) is 4.94. The molecule has 0 atom stereocenters. The Morgan fingerprint density at radius 2 is 1.79 bits per heavy atom. The Balaban J connectivity index is 2.21. The highest BCUT2D eigenvalue weighted by Crippen LogP contribution is 2.36. The zero-order valence-electron chi connectivity index (χ0n) is 16.7. The van der Waals surface area contributed by atoms with Gasteiger partial charge in [0.05, 0.1) is 25.5 Å². The molecule has 0 fully saturated rings. The van der Waals surface area contributed by atoms with E-state index < -0.39 is 11.9 Å².